The summed E-state index contributed by atoms with van der Waals surface area (Å²) in [5.41, 5.74) is 5.01. The van der Waals surface area contributed by atoms with Crippen LogP contribution in [-0.4, -0.2) is 69.2 Å². The number of likely N-dealkylation sites (N-methyl/N-ethyl adjacent to an activating group) is 1. The molecular weight excluding hydrogens is 454 g/mol. The Morgan fingerprint density at radius 2 is 1.74 bits per heavy atom. The highest BCUT2D eigenvalue weighted by Crippen LogP contribution is 2.34. The van der Waals surface area contributed by atoms with Crippen LogP contribution in [-0.2, 0) is 4.74 Å². The second-order valence-corrected chi connectivity index (χ2v) is 8.75. The third-order valence-electron chi connectivity index (χ3n) is 4.97. The van der Waals surface area contributed by atoms with Crippen LogP contribution in [0, 0.1) is 6.92 Å². The predicted octanol–water partition coefficient (Wildman–Crippen LogP) is 3.98. The fraction of sp³-hybridized carbons (Fsp3) is 0.417. The highest BCUT2D eigenvalue weighted by molar-refractivity contribution is 7.18. The maximum Gasteiger partial charge on any atom is 0.341 e. The monoisotopic (exact) mass is 487 g/mol. The molecule has 2 amide bonds. The van der Waals surface area contributed by atoms with E-state index in [0.29, 0.717) is 10.4 Å². The van der Waals surface area contributed by atoms with E-state index in [0.717, 1.165) is 35.7 Å². The first kappa shape index (κ1) is 27.0. The molecule has 10 heteroatoms. The van der Waals surface area contributed by atoms with Gasteiger partial charge in [0.1, 0.15) is 5.00 Å². The van der Waals surface area contributed by atoms with Crippen molar-refractivity contribution in [3.63, 3.8) is 0 Å². The van der Waals surface area contributed by atoms with Gasteiger partial charge in [0.25, 0.3) is 0 Å². The lowest BCUT2D eigenvalue weighted by atomic mass is 10.1. The molecule has 2 aromatic rings. The Morgan fingerprint density at radius 1 is 1.09 bits per heavy atom. The number of rotatable bonds is 11. The maximum atomic E-state index is 12.6. The van der Waals surface area contributed by atoms with Gasteiger partial charge >= 0.3 is 12.0 Å². The van der Waals surface area contributed by atoms with Gasteiger partial charge in [0.2, 0.25) is 0 Å². The topological polar surface area (TPSA) is 103 Å². The highest BCUT2D eigenvalue weighted by atomic mass is 32.1. The van der Waals surface area contributed by atoms with Crippen LogP contribution in [0.2, 0.25) is 0 Å². The van der Waals surface area contributed by atoms with Crippen LogP contribution in [0.4, 0.5) is 15.5 Å². The summed E-state index contributed by atoms with van der Waals surface area (Å²) >= 11 is 1.05. The van der Waals surface area contributed by atoms with E-state index >= 15 is 0 Å². The number of amides is 2. The largest absolute Gasteiger partial charge is 0.462 e. The molecule has 0 aliphatic heterocycles. The molecule has 0 aliphatic carbocycles. The number of carbonyl (C=O) groups is 3. The van der Waals surface area contributed by atoms with E-state index in [1.165, 1.54) is 6.21 Å². The molecule has 0 atom stereocenters. The summed E-state index contributed by atoms with van der Waals surface area (Å²) in [6.45, 7) is 9.78. The Hall–Kier alpha value is -3.24. The summed E-state index contributed by atoms with van der Waals surface area (Å²) < 4.78 is 5.13. The van der Waals surface area contributed by atoms with Crippen LogP contribution in [0.5, 0.6) is 0 Å². The fourth-order valence-corrected chi connectivity index (χ4v) is 4.45. The standard InChI is InChI=1S/C24H33N5O4S/c1-7-29(8-2)18-12-10-17(11-13-18)14-25-27-24(32)26-22-20(23(31)33-9-3)16(4)21(34-22)19(30)15-28(5)6/h10-14H,7-9,15H2,1-6H3,(H2,26,27,32)/b25-14+. The lowest BCUT2D eigenvalue weighted by molar-refractivity contribution is 0.0527. The molecule has 0 unspecified atom stereocenters. The number of ketones is 1. The first-order chi connectivity index (χ1) is 16.2. The molecule has 184 valence electrons. The molecule has 1 heterocycles. The SMILES string of the molecule is CCOC(=O)c1c(NC(=O)N/N=C/c2ccc(N(CC)CC)cc2)sc(C(=O)CN(C)C)c1C. The highest BCUT2D eigenvalue weighted by Gasteiger charge is 2.26. The smallest absolute Gasteiger partial charge is 0.341 e. The molecule has 0 saturated heterocycles. The number of urea groups is 1. The first-order valence-corrected chi connectivity index (χ1v) is 12.0. The van der Waals surface area contributed by atoms with Crippen molar-refractivity contribution in [3.05, 3.63) is 45.8 Å². The fourth-order valence-electron chi connectivity index (χ4n) is 3.33. The number of Topliss-reactive ketones (excluding diaryl/α,β-unsaturated/α-hetero) is 1. The van der Waals surface area contributed by atoms with E-state index in [2.05, 4.69) is 34.6 Å². The minimum atomic E-state index is -0.630. The number of esters is 1. The van der Waals surface area contributed by atoms with Crippen LogP contribution in [0.3, 0.4) is 0 Å². The normalized spacial score (nSPS) is 11.0. The first-order valence-electron chi connectivity index (χ1n) is 11.1. The lowest BCUT2D eigenvalue weighted by Crippen LogP contribution is -2.25. The number of thiophene rings is 1. The van der Waals surface area contributed by atoms with Crippen LogP contribution < -0.4 is 15.6 Å². The van der Waals surface area contributed by atoms with E-state index in [9.17, 15) is 14.4 Å². The van der Waals surface area contributed by atoms with Gasteiger partial charge in [-0.15, -0.1) is 11.3 Å². The van der Waals surface area contributed by atoms with Crippen LogP contribution >= 0.6 is 11.3 Å². The van der Waals surface area contributed by atoms with E-state index in [-0.39, 0.29) is 29.5 Å². The average Bonchev–Trinajstić information content (AvgIpc) is 3.11. The Balaban J connectivity index is 2.13. The summed E-state index contributed by atoms with van der Waals surface area (Å²) in [6.07, 6.45) is 1.53. The van der Waals surface area contributed by atoms with E-state index in [1.807, 2.05) is 24.3 Å². The second kappa shape index (κ2) is 12.9. The Morgan fingerprint density at radius 3 is 2.29 bits per heavy atom. The molecule has 0 spiro atoms. The van der Waals surface area contributed by atoms with Crippen molar-refractivity contribution in [1.82, 2.24) is 10.3 Å². The molecule has 0 radical (unpaired) electrons. The van der Waals surface area contributed by atoms with Crippen molar-refractivity contribution in [3.8, 4) is 0 Å². The van der Waals surface area contributed by atoms with Crippen LogP contribution in [0.15, 0.2) is 29.4 Å². The zero-order chi connectivity index (χ0) is 25.3. The Labute approximate surface area is 204 Å². The van der Waals surface area contributed by atoms with Gasteiger partial charge in [-0.2, -0.15) is 5.10 Å². The molecule has 34 heavy (non-hydrogen) atoms. The zero-order valence-electron chi connectivity index (χ0n) is 20.6. The second-order valence-electron chi connectivity index (χ2n) is 7.73. The van der Waals surface area contributed by atoms with Gasteiger partial charge in [0.15, 0.2) is 5.78 Å². The molecule has 1 aromatic heterocycles. The number of ether oxygens (including phenoxy) is 1. The van der Waals surface area contributed by atoms with Crippen LogP contribution in [0.25, 0.3) is 0 Å². The summed E-state index contributed by atoms with van der Waals surface area (Å²) in [6, 6.07) is 7.21. The lowest BCUT2D eigenvalue weighted by Gasteiger charge is -2.20. The number of hydrogen-bond acceptors (Lipinski definition) is 8. The summed E-state index contributed by atoms with van der Waals surface area (Å²) in [4.78, 5) is 41.9. The minimum absolute atomic E-state index is 0.141. The number of nitrogens with zero attached hydrogens (tertiary/aromatic N) is 3. The molecule has 0 bridgehead atoms. The molecule has 2 rings (SSSR count). The van der Waals surface area contributed by atoms with Crippen LogP contribution in [0.1, 0.15) is 51.9 Å². The molecule has 0 saturated carbocycles. The van der Waals surface area contributed by atoms with Crippen molar-refractivity contribution < 1.29 is 19.1 Å². The van der Waals surface area contributed by atoms with Gasteiger partial charge in [-0.25, -0.2) is 15.0 Å². The van der Waals surface area contributed by atoms with Gasteiger partial charge in [-0.05, 0) is 65.0 Å². The molecule has 9 nitrogen and oxygen atoms in total. The third kappa shape index (κ3) is 7.13. The molecular formula is C24H33N5O4S. The summed E-state index contributed by atoms with van der Waals surface area (Å²) in [5.74, 6) is -0.732. The van der Waals surface area contributed by atoms with Gasteiger partial charge in [-0.3, -0.25) is 10.1 Å². The summed E-state index contributed by atoms with van der Waals surface area (Å²) in [5, 5.41) is 6.85. The predicted molar refractivity (Wildman–Crippen MR) is 138 cm³/mol. The third-order valence-corrected chi connectivity index (χ3v) is 6.22. The number of hydrazone groups is 1. The van der Waals surface area contributed by atoms with Gasteiger partial charge < -0.3 is 14.5 Å². The van der Waals surface area contributed by atoms with Gasteiger partial charge in [0, 0.05) is 18.8 Å². The zero-order valence-corrected chi connectivity index (χ0v) is 21.4. The maximum absolute atomic E-state index is 12.6. The molecule has 1 aromatic carbocycles. The van der Waals surface area contributed by atoms with E-state index < -0.39 is 12.0 Å². The van der Waals surface area contributed by atoms with Gasteiger partial charge in [0.05, 0.1) is 29.8 Å². The Bertz CT molecular complexity index is 1030. The number of anilines is 2. The van der Waals surface area contributed by atoms with Crippen molar-refractivity contribution >= 4 is 46.0 Å². The number of benzene rings is 1. The molecule has 0 fully saturated rings. The quantitative estimate of drug-likeness (QED) is 0.215. The average molecular weight is 488 g/mol. The summed E-state index contributed by atoms with van der Waals surface area (Å²) in [7, 11) is 3.57. The molecule has 2 N–H and O–H groups in total. The van der Waals surface area contributed by atoms with E-state index in [4.69, 9.17) is 4.74 Å². The van der Waals surface area contributed by atoms with Crippen molar-refractivity contribution in [2.45, 2.75) is 27.7 Å². The van der Waals surface area contributed by atoms with Crippen molar-refractivity contribution in [2.24, 2.45) is 5.10 Å². The number of carbonyl (C=O) groups excluding carboxylic acids is 3. The minimum Gasteiger partial charge on any atom is -0.462 e. The van der Waals surface area contributed by atoms with E-state index in [1.54, 1.807) is 32.8 Å². The van der Waals surface area contributed by atoms with Crippen molar-refractivity contribution in [1.29, 1.82) is 0 Å². The molecule has 0 aliphatic rings. The number of hydrogen-bond donors (Lipinski definition) is 2. The number of nitrogens with one attached hydrogen (secondary N) is 2. The van der Waals surface area contributed by atoms with Crippen molar-refractivity contribution in [2.75, 3.05) is 50.6 Å². The Kier molecular flexibility index (Phi) is 10.2. The van der Waals surface area contributed by atoms with Gasteiger partial charge in [-0.1, -0.05) is 12.1 Å².